The number of carbonyl (C=O) groups excluding carboxylic acids is 1. The number of nitrogens with one attached hydrogen (secondary N) is 1. The molecule has 0 saturated heterocycles. The quantitative estimate of drug-likeness (QED) is 0.843. The number of thiazole rings is 1. The van der Waals surface area contributed by atoms with Crippen LogP contribution >= 0.6 is 11.3 Å². The van der Waals surface area contributed by atoms with Gasteiger partial charge in [0, 0.05) is 30.5 Å². The number of carboxylic acids is 1. The van der Waals surface area contributed by atoms with Crippen molar-refractivity contribution in [2.45, 2.75) is 25.7 Å². The van der Waals surface area contributed by atoms with Gasteiger partial charge in [0.05, 0.1) is 10.9 Å². The maximum absolute atomic E-state index is 11.8. The van der Waals surface area contributed by atoms with Gasteiger partial charge in [0.2, 0.25) is 5.91 Å². The Morgan fingerprint density at radius 2 is 2.22 bits per heavy atom. The second-order valence-corrected chi connectivity index (χ2v) is 5.49. The van der Waals surface area contributed by atoms with Crippen LogP contribution in [0.15, 0.2) is 11.6 Å². The SMILES string of the molecule is O=C(O)[C@@H]1CC[C@H](C(=O)NCCc2nccs2)C1. The Labute approximate surface area is 109 Å². The topological polar surface area (TPSA) is 79.3 Å². The first-order valence-corrected chi connectivity index (χ1v) is 6.93. The highest BCUT2D eigenvalue weighted by Gasteiger charge is 2.33. The van der Waals surface area contributed by atoms with E-state index in [1.54, 1.807) is 17.5 Å². The highest BCUT2D eigenvalue weighted by Crippen LogP contribution is 2.31. The molecule has 1 aromatic heterocycles. The molecule has 0 unspecified atom stereocenters. The maximum atomic E-state index is 11.8. The predicted octanol–water partition coefficient (Wildman–Crippen LogP) is 1.30. The van der Waals surface area contributed by atoms with Crippen LogP contribution in [0.25, 0.3) is 0 Å². The molecule has 2 rings (SSSR count). The summed E-state index contributed by atoms with van der Waals surface area (Å²) in [5, 5.41) is 14.6. The predicted molar refractivity (Wildman–Crippen MR) is 67.3 cm³/mol. The molecule has 2 atom stereocenters. The van der Waals surface area contributed by atoms with Crippen molar-refractivity contribution in [1.82, 2.24) is 10.3 Å². The van der Waals surface area contributed by atoms with Gasteiger partial charge in [-0.05, 0) is 19.3 Å². The van der Waals surface area contributed by atoms with Crippen molar-refractivity contribution in [2.24, 2.45) is 11.8 Å². The molecule has 18 heavy (non-hydrogen) atoms. The van der Waals surface area contributed by atoms with Gasteiger partial charge in [-0.15, -0.1) is 11.3 Å². The molecule has 6 heteroatoms. The minimum Gasteiger partial charge on any atom is -0.481 e. The molecule has 2 N–H and O–H groups in total. The van der Waals surface area contributed by atoms with Gasteiger partial charge < -0.3 is 10.4 Å². The zero-order valence-electron chi connectivity index (χ0n) is 9.96. The summed E-state index contributed by atoms with van der Waals surface area (Å²) in [6, 6.07) is 0. The van der Waals surface area contributed by atoms with Crippen LogP contribution in [0.2, 0.25) is 0 Å². The van der Waals surface area contributed by atoms with Crippen LogP contribution in [-0.2, 0) is 16.0 Å². The van der Waals surface area contributed by atoms with E-state index in [0.717, 1.165) is 11.4 Å². The molecule has 1 aliphatic rings. The number of aliphatic carboxylic acids is 1. The number of rotatable bonds is 5. The molecule has 0 aliphatic heterocycles. The Morgan fingerprint density at radius 1 is 1.44 bits per heavy atom. The van der Waals surface area contributed by atoms with E-state index in [2.05, 4.69) is 10.3 Å². The Hall–Kier alpha value is -1.43. The van der Waals surface area contributed by atoms with Gasteiger partial charge in [-0.3, -0.25) is 9.59 Å². The Bertz CT molecular complexity index is 419. The monoisotopic (exact) mass is 268 g/mol. The average molecular weight is 268 g/mol. The summed E-state index contributed by atoms with van der Waals surface area (Å²) in [4.78, 5) is 26.8. The first kappa shape index (κ1) is 13.0. The lowest BCUT2D eigenvalue weighted by molar-refractivity contribution is -0.141. The summed E-state index contributed by atoms with van der Waals surface area (Å²) in [6.45, 7) is 0.570. The molecule has 1 heterocycles. The van der Waals surface area contributed by atoms with Crippen molar-refractivity contribution < 1.29 is 14.7 Å². The van der Waals surface area contributed by atoms with Crippen molar-refractivity contribution in [2.75, 3.05) is 6.54 Å². The highest BCUT2D eigenvalue weighted by atomic mass is 32.1. The van der Waals surface area contributed by atoms with Crippen molar-refractivity contribution in [3.8, 4) is 0 Å². The summed E-state index contributed by atoms with van der Waals surface area (Å²) in [6.07, 6.45) is 4.24. The molecule has 0 radical (unpaired) electrons. The van der Waals surface area contributed by atoms with Crippen molar-refractivity contribution in [3.63, 3.8) is 0 Å². The van der Waals surface area contributed by atoms with Crippen molar-refractivity contribution >= 4 is 23.2 Å². The smallest absolute Gasteiger partial charge is 0.306 e. The number of aromatic nitrogens is 1. The molecule has 0 bridgehead atoms. The molecule has 98 valence electrons. The van der Waals surface area contributed by atoms with E-state index >= 15 is 0 Å². The lowest BCUT2D eigenvalue weighted by Crippen LogP contribution is -2.31. The molecule has 5 nitrogen and oxygen atoms in total. The van der Waals surface area contributed by atoms with E-state index in [1.807, 2.05) is 5.38 Å². The molecule has 1 fully saturated rings. The Kier molecular flexibility index (Phi) is 4.30. The Morgan fingerprint density at radius 3 is 2.83 bits per heavy atom. The number of hydrogen-bond acceptors (Lipinski definition) is 4. The maximum Gasteiger partial charge on any atom is 0.306 e. The second-order valence-electron chi connectivity index (χ2n) is 4.51. The van der Waals surface area contributed by atoms with Crippen LogP contribution in [0, 0.1) is 11.8 Å². The molecule has 0 aromatic carbocycles. The fraction of sp³-hybridized carbons (Fsp3) is 0.583. The van der Waals surface area contributed by atoms with E-state index in [-0.39, 0.29) is 17.7 Å². The summed E-state index contributed by atoms with van der Waals surface area (Å²) >= 11 is 1.57. The molecular formula is C12H16N2O3S. The van der Waals surface area contributed by atoms with Crippen LogP contribution in [0.4, 0.5) is 0 Å². The summed E-state index contributed by atoms with van der Waals surface area (Å²) in [5.41, 5.74) is 0. The highest BCUT2D eigenvalue weighted by molar-refractivity contribution is 7.09. The van der Waals surface area contributed by atoms with Gasteiger partial charge in [-0.2, -0.15) is 0 Å². The van der Waals surface area contributed by atoms with E-state index in [0.29, 0.717) is 25.8 Å². The first-order chi connectivity index (χ1) is 8.66. The third-order valence-corrected chi connectivity index (χ3v) is 4.11. The van der Waals surface area contributed by atoms with E-state index < -0.39 is 5.97 Å². The number of hydrogen-bond donors (Lipinski definition) is 2. The fourth-order valence-corrected chi connectivity index (χ4v) is 2.88. The third-order valence-electron chi connectivity index (χ3n) is 3.27. The summed E-state index contributed by atoms with van der Waals surface area (Å²) < 4.78 is 0. The van der Waals surface area contributed by atoms with E-state index in [9.17, 15) is 9.59 Å². The second kappa shape index (κ2) is 5.95. The van der Waals surface area contributed by atoms with Crippen LogP contribution in [0.1, 0.15) is 24.3 Å². The average Bonchev–Trinajstić information content (AvgIpc) is 2.99. The molecule has 1 amide bonds. The lowest BCUT2D eigenvalue weighted by atomic mass is 10.0. The van der Waals surface area contributed by atoms with Crippen LogP contribution < -0.4 is 5.32 Å². The van der Waals surface area contributed by atoms with Gasteiger partial charge in [-0.1, -0.05) is 0 Å². The first-order valence-electron chi connectivity index (χ1n) is 6.05. The van der Waals surface area contributed by atoms with Crippen molar-refractivity contribution in [3.05, 3.63) is 16.6 Å². The number of amides is 1. The fourth-order valence-electron chi connectivity index (χ4n) is 2.26. The van der Waals surface area contributed by atoms with E-state index in [4.69, 9.17) is 5.11 Å². The summed E-state index contributed by atoms with van der Waals surface area (Å²) in [5.74, 6) is -1.29. The largest absolute Gasteiger partial charge is 0.481 e. The van der Waals surface area contributed by atoms with Gasteiger partial charge in [0.1, 0.15) is 0 Å². The standard InChI is InChI=1S/C12H16N2O3S/c15-11(8-1-2-9(7-8)12(16)17)14-4-3-10-13-5-6-18-10/h5-6,8-9H,1-4,7H2,(H,14,15)(H,16,17)/t8-,9+/m0/s1. The van der Waals surface area contributed by atoms with Crippen LogP contribution in [0.3, 0.4) is 0 Å². The number of carboxylic acid groups (broad SMARTS) is 1. The van der Waals surface area contributed by atoms with Gasteiger partial charge >= 0.3 is 5.97 Å². The minimum absolute atomic E-state index is 0.0182. The van der Waals surface area contributed by atoms with Crippen LogP contribution in [0.5, 0.6) is 0 Å². The zero-order valence-corrected chi connectivity index (χ0v) is 10.8. The Balaban J connectivity index is 1.71. The number of carbonyl (C=O) groups is 2. The normalized spacial score (nSPS) is 22.9. The lowest BCUT2D eigenvalue weighted by Gasteiger charge is -2.10. The molecule has 1 aliphatic carbocycles. The van der Waals surface area contributed by atoms with Gasteiger partial charge in [0.15, 0.2) is 0 Å². The zero-order chi connectivity index (χ0) is 13.0. The van der Waals surface area contributed by atoms with Gasteiger partial charge in [0.25, 0.3) is 0 Å². The number of nitrogens with zero attached hydrogens (tertiary/aromatic N) is 1. The van der Waals surface area contributed by atoms with Gasteiger partial charge in [-0.25, -0.2) is 4.98 Å². The third kappa shape index (κ3) is 3.29. The van der Waals surface area contributed by atoms with Crippen molar-refractivity contribution in [1.29, 1.82) is 0 Å². The molecule has 1 aromatic rings. The van der Waals surface area contributed by atoms with Crippen LogP contribution in [-0.4, -0.2) is 28.5 Å². The molecule has 0 spiro atoms. The summed E-state index contributed by atoms with van der Waals surface area (Å²) in [7, 11) is 0. The van der Waals surface area contributed by atoms with E-state index in [1.165, 1.54) is 0 Å². The molecule has 1 saturated carbocycles. The molecular weight excluding hydrogens is 252 g/mol. The minimum atomic E-state index is -0.784.